The fraction of sp³-hybridized carbons (Fsp3) is 0.600. The third kappa shape index (κ3) is 2.78. The zero-order chi connectivity index (χ0) is 13.0. The molecule has 1 aliphatic rings. The molecule has 0 radical (unpaired) electrons. The first-order valence-corrected chi connectivity index (χ1v) is 6.76. The van der Waals surface area contributed by atoms with E-state index in [9.17, 15) is 5.11 Å². The highest BCUT2D eigenvalue weighted by molar-refractivity contribution is 5.41. The van der Waals surface area contributed by atoms with Crippen LogP contribution >= 0.6 is 0 Å². The monoisotopic (exact) mass is 249 g/mol. The van der Waals surface area contributed by atoms with Gasteiger partial charge in [0, 0.05) is 13.1 Å². The van der Waals surface area contributed by atoms with E-state index < -0.39 is 0 Å². The molecule has 0 spiro atoms. The van der Waals surface area contributed by atoms with Crippen LogP contribution in [0.25, 0.3) is 0 Å². The number of methoxy groups -OCH3 is 1. The second kappa shape index (κ2) is 5.61. The van der Waals surface area contributed by atoms with Crippen molar-refractivity contribution in [2.75, 3.05) is 13.7 Å². The molecule has 0 aromatic heterocycles. The maximum Gasteiger partial charge on any atom is 0.160 e. The van der Waals surface area contributed by atoms with Crippen LogP contribution in [0.2, 0.25) is 0 Å². The molecule has 1 aromatic rings. The Kier molecular flexibility index (Phi) is 4.12. The van der Waals surface area contributed by atoms with E-state index in [1.807, 2.05) is 12.1 Å². The Morgan fingerprint density at radius 3 is 2.72 bits per heavy atom. The molecule has 0 unspecified atom stereocenters. The summed E-state index contributed by atoms with van der Waals surface area (Å²) in [5, 5.41) is 13.1. The number of phenolic OH excluding ortho intramolecular Hbond substituents is 1. The first kappa shape index (κ1) is 13.2. The van der Waals surface area contributed by atoms with Crippen LogP contribution in [-0.2, 0) is 6.54 Å². The molecule has 0 atom stereocenters. The Morgan fingerprint density at radius 1 is 1.39 bits per heavy atom. The number of phenols is 1. The quantitative estimate of drug-likeness (QED) is 0.814. The number of hydrogen-bond donors (Lipinski definition) is 2. The van der Waals surface area contributed by atoms with Crippen molar-refractivity contribution in [1.29, 1.82) is 0 Å². The lowest BCUT2D eigenvalue weighted by Gasteiger charge is -2.41. The van der Waals surface area contributed by atoms with Crippen LogP contribution < -0.4 is 10.1 Å². The molecule has 100 valence electrons. The van der Waals surface area contributed by atoms with Crippen molar-refractivity contribution in [3.05, 3.63) is 23.8 Å². The van der Waals surface area contributed by atoms with Gasteiger partial charge in [0.1, 0.15) is 0 Å². The fourth-order valence-electron chi connectivity index (χ4n) is 2.64. The van der Waals surface area contributed by atoms with E-state index >= 15 is 0 Å². The summed E-state index contributed by atoms with van der Waals surface area (Å²) < 4.78 is 5.11. The summed E-state index contributed by atoms with van der Waals surface area (Å²) in [6, 6.07) is 5.51. The molecule has 2 N–H and O–H groups in total. The predicted molar refractivity (Wildman–Crippen MR) is 72.9 cm³/mol. The third-order valence-corrected chi connectivity index (χ3v) is 4.24. The van der Waals surface area contributed by atoms with Crippen molar-refractivity contribution in [2.24, 2.45) is 5.41 Å². The SMILES string of the molecule is CCC1(CNCc2ccc(O)c(OC)c2)CCC1. The Hall–Kier alpha value is -1.22. The van der Waals surface area contributed by atoms with Crippen LogP contribution in [0.15, 0.2) is 18.2 Å². The topological polar surface area (TPSA) is 41.5 Å². The number of benzene rings is 1. The number of nitrogens with one attached hydrogen (secondary N) is 1. The van der Waals surface area contributed by atoms with E-state index in [1.54, 1.807) is 13.2 Å². The minimum absolute atomic E-state index is 0.199. The van der Waals surface area contributed by atoms with Gasteiger partial charge in [-0.15, -0.1) is 0 Å². The van der Waals surface area contributed by atoms with E-state index in [-0.39, 0.29) is 5.75 Å². The number of aromatic hydroxyl groups is 1. The number of ether oxygens (including phenoxy) is 1. The van der Waals surface area contributed by atoms with Crippen molar-refractivity contribution >= 4 is 0 Å². The zero-order valence-corrected chi connectivity index (χ0v) is 11.3. The summed E-state index contributed by atoms with van der Waals surface area (Å²) in [5.74, 6) is 0.744. The maximum absolute atomic E-state index is 9.53. The van der Waals surface area contributed by atoms with Gasteiger partial charge in [-0.2, -0.15) is 0 Å². The molecule has 0 amide bonds. The van der Waals surface area contributed by atoms with Gasteiger partial charge < -0.3 is 15.2 Å². The van der Waals surface area contributed by atoms with Crippen molar-refractivity contribution in [3.63, 3.8) is 0 Å². The van der Waals surface area contributed by atoms with E-state index in [0.29, 0.717) is 11.2 Å². The second-order valence-electron chi connectivity index (χ2n) is 5.32. The first-order valence-electron chi connectivity index (χ1n) is 6.76. The molecule has 0 aliphatic heterocycles. The molecule has 2 rings (SSSR count). The van der Waals surface area contributed by atoms with Gasteiger partial charge in [-0.3, -0.25) is 0 Å². The molecule has 0 heterocycles. The smallest absolute Gasteiger partial charge is 0.160 e. The predicted octanol–water partition coefficient (Wildman–Crippen LogP) is 3.07. The van der Waals surface area contributed by atoms with Gasteiger partial charge in [0.05, 0.1) is 7.11 Å². The van der Waals surface area contributed by atoms with Gasteiger partial charge in [0.15, 0.2) is 11.5 Å². The van der Waals surface area contributed by atoms with E-state index in [4.69, 9.17) is 4.74 Å². The van der Waals surface area contributed by atoms with Crippen molar-refractivity contribution in [3.8, 4) is 11.5 Å². The average molecular weight is 249 g/mol. The molecule has 1 saturated carbocycles. The van der Waals surface area contributed by atoms with Gasteiger partial charge in [0.2, 0.25) is 0 Å². The largest absolute Gasteiger partial charge is 0.504 e. The van der Waals surface area contributed by atoms with Crippen molar-refractivity contribution in [2.45, 2.75) is 39.2 Å². The molecule has 3 nitrogen and oxygen atoms in total. The highest BCUT2D eigenvalue weighted by Gasteiger charge is 2.34. The number of hydrogen-bond acceptors (Lipinski definition) is 3. The van der Waals surface area contributed by atoms with Crippen LogP contribution in [-0.4, -0.2) is 18.8 Å². The zero-order valence-electron chi connectivity index (χ0n) is 11.3. The highest BCUT2D eigenvalue weighted by Crippen LogP contribution is 2.43. The van der Waals surface area contributed by atoms with Gasteiger partial charge in [0.25, 0.3) is 0 Å². The van der Waals surface area contributed by atoms with Crippen LogP contribution in [0.4, 0.5) is 0 Å². The molecule has 1 aliphatic carbocycles. The molecule has 1 fully saturated rings. The Labute approximate surface area is 109 Å². The van der Waals surface area contributed by atoms with E-state index in [2.05, 4.69) is 12.2 Å². The molecule has 3 heteroatoms. The average Bonchev–Trinajstić information content (AvgIpc) is 2.34. The Bertz CT molecular complexity index is 394. The van der Waals surface area contributed by atoms with Crippen LogP contribution in [0.1, 0.15) is 38.2 Å². The summed E-state index contributed by atoms with van der Waals surface area (Å²) in [7, 11) is 1.58. The normalized spacial score (nSPS) is 17.2. The Morgan fingerprint density at radius 2 is 2.17 bits per heavy atom. The lowest BCUT2D eigenvalue weighted by molar-refractivity contribution is 0.124. The molecule has 18 heavy (non-hydrogen) atoms. The van der Waals surface area contributed by atoms with Crippen LogP contribution in [0.5, 0.6) is 11.5 Å². The van der Waals surface area contributed by atoms with Crippen molar-refractivity contribution in [1.82, 2.24) is 5.32 Å². The lowest BCUT2D eigenvalue weighted by atomic mass is 9.67. The van der Waals surface area contributed by atoms with Gasteiger partial charge >= 0.3 is 0 Å². The summed E-state index contributed by atoms with van der Waals surface area (Å²) in [6.07, 6.45) is 5.35. The summed E-state index contributed by atoms with van der Waals surface area (Å²) in [5.41, 5.74) is 1.69. The van der Waals surface area contributed by atoms with Gasteiger partial charge in [-0.25, -0.2) is 0 Å². The summed E-state index contributed by atoms with van der Waals surface area (Å²) >= 11 is 0. The van der Waals surface area contributed by atoms with E-state index in [0.717, 1.165) is 18.7 Å². The Balaban J connectivity index is 1.86. The van der Waals surface area contributed by atoms with Crippen LogP contribution in [0, 0.1) is 5.41 Å². The molecular weight excluding hydrogens is 226 g/mol. The van der Waals surface area contributed by atoms with Gasteiger partial charge in [-0.05, 0) is 42.4 Å². The third-order valence-electron chi connectivity index (χ3n) is 4.24. The molecule has 1 aromatic carbocycles. The molecule has 0 bridgehead atoms. The fourth-order valence-corrected chi connectivity index (χ4v) is 2.64. The molecular formula is C15H23NO2. The minimum Gasteiger partial charge on any atom is -0.504 e. The van der Waals surface area contributed by atoms with Crippen LogP contribution in [0.3, 0.4) is 0 Å². The van der Waals surface area contributed by atoms with E-state index in [1.165, 1.54) is 25.7 Å². The minimum atomic E-state index is 0.199. The molecule has 0 saturated heterocycles. The second-order valence-corrected chi connectivity index (χ2v) is 5.32. The van der Waals surface area contributed by atoms with Crippen molar-refractivity contribution < 1.29 is 9.84 Å². The standard InChI is InChI=1S/C15H23NO2/c1-3-15(7-4-8-15)11-16-10-12-5-6-13(17)14(9-12)18-2/h5-6,9,16-17H,3-4,7-8,10-11H2,1-2H3. The van der Waals surface area contributed by atoms with Gasteiger partial charge in [-0.1, -0.05) is 19.4 Å². The summed E-state index contributed by atoms with van der Waals surface area (Å²) in [4.78, 5) is 0. The maximum atomic E-state index is 9.53. The first-order chi connectivity index (χ1) is 8.69. The lowest BCUT2D eigenvalue weighted by Crippen LogP contribution is -2.39. The number of rotatable bonds is 6. The highest BCUT2D eigenvalue weighted by atomic mass is 16.5. The summed E-state index contributed by atoms with van der Waals surface area (Å²) in [6.45, 7) is 4.20.